The van der Waals surface area contributed by atoms with Crippen LogP contribution in [0.4, 0.5) is 0 Å². The van der Waals surface area contributed by atoms with Crippen molar-refractivity contribution in [1.29, 1.82) is 0 Å². The number of guanidine groups is 1. The molecule has 158 valence electrons. The highest BCUT2D eigenvalue weighted by molar-refractivity contribution is 7.09. The second-order valence-corrected chi connectivity index (χ2v) is 9.00. The minimum atomic E-state index is 0.582. The van der Waals surface area contributed by atoms with Crippen molar-refractivity contribution in [1.82, 2.24) is 29.9 Å². The van der Waals surface area contributed by atoms with Crippen LogP contribution in [0.15, 0.2) is 28.8 Å². The first kappa shape index (κ1) is 20.3. The molecule has 4 rings (SSSR count). The highest BCUT2D eigenvalue weighted by atomic mass is 32.1. The van der Waals surface area contributed by atoms with Crippen molar-refractivity contribution in [3.63, 3.8) is 0 Å². The Labute approximate surface area is 177 Å². The summed E-state index contributed by atoms with van der Waals surface area (Å²) in [5.41, 5.74) is 0. The lowest BCUT2D eigenvalue weighted by Crippen LogP contribution is -2.53. The molecule has 0 radical (unpaired) electrons. The van der Waals surface area contributed by atoms with Crippen molar-refractivity contribution in [3.8, 4) is 0 Å². The molecule has 2 aromatic heterocycles. The monoisotopic (exact) mass is 415 g/mol. The van der Waals surface area contributed by atoms with E-state index in [4.69, 9.17) is 4.99 Å². The predicted molar refractivity (Wildman–Crippen MR) is 118 cm³/mol. The maximum atomic E-state index is 5.00. The van der Waals surface area contributed by atoms with Gasteiger partial charge in [-0.05, 0) is 24.3 Å². The highest BCUT2D eigenvalue weighted by Gasteiger charge is 2.23. The summed E-state index contributed by atoms with van der Waals surface area (Å²) >= 11 is 1.85. The summed E-state index contributed by atoms with van der Waals surface area (Å²) in [7, 11) is 0. The minimum absolute atomic E-state index is 0.582. The van der Waals surface area contributed by atoms with Gasteiger partial charge >= 0.3 is 0 Å². The molecule has 2 fully saturated rings. The lowest BCUT2D eigenvalue weighted by Gasteiger charge is -2.37. The van der Waals surface area contributed by atoms with Crippen molar-refractivity contribution in [3.05, 3.63) is 34.5 Å². The van der Waals surface area contributed by atoms with Crippen LogP contribution in [-0.2, 0) is 19.5 Å². The van der Waals surface area contributed by atoms with E-state index in [9.17, 15) is 0 Å². The van der Waals surface area contributed by atoms with Gasteiger partial charge in [-0.3, -0.25) is 9.89 Å². The average Bonchev–Trinajstić information content (AvgIpc) is 3.51. The van der Waals surface area contributed by atoms with Crippen LogP contribution < -0.4 is 5.32 Å². The molecular formula is C21H33N7S. The third-order valence-corrected chi connectivity index (χ3v) is 6.80. The van der Waals surface area contributed by atoms with Gasteiger partial charge in [0.05, 0.1) is 6.54 Å². The van der Waals surface area contributed by atoms with Crippen LogP contribution in [0.1, 0.15) is 43.3 Å². The van der Waals surface area contributed by atoms with E-state index in [1.54, 1.807) is 0 Å². The predicted octanol–water partition coefficient (Wildman–Crippen LogP) is 2.61. The number of rotatable bonds is 7. The van der Waals surface area contributed by atoms with E-state index >= 15 is 0 Å². The molecule has 0 unspecified atom stereocenters. The molecular weight excluding hydrogens is 382 g/mol. The molecule has 7 nitrogen and oxygen atoms in total. The zero-order chi connectivity index (χ0) is 19.9. The summed E-state index contributed by atoms with van der Waals surface area (Å²) in [6.45, 7) is 9.05. The fourth-order valence-corrected chi connectivity index (χ4v) is 4.98. The normalized spacial score (nSPS) is 19.2. The summed E-state index contributed by atoms with van der Waals surface area (Å²) in [5.74, 6) is 2.13. The van der Waals surface area contributed by atoms with Crippen molar-refractivity contribution < 1.29 is 0 Å². The quantitative estimate of drug-likeness (QED) is 0.556. The Morgan fingerprint density at radius 1 is 1.24 bits per heavy atom. The smallest absolute Gasteiger partial charge is 0.194 e. The molecule has 8 heteroatoms. The molecule has 1 aliphatic carbocycles. The van der Waals surface area contributed by atoms with Crippen molar-refractivity contribution in [2.45, 2.75) is 58.2 Å². The van der Waals surface area contributed by atoms with Gasteiger partial charge in [-0.2, -0.15) is 0 Å². The summed E-state index contributed by atoms with van der Waals surface area (Å²) in [5, 5.41) is 14.2. The summed E-state index contributed by atoms with van der Waals surface area (Å²) in [6, 6.07) is 4.96. The van der Waals surface area contributed by atoms with Crippen LogP contribution in [0.3, 0.4) is 0 Å². The Kier molecular flexibility index (Phi) is 7.16. The maximum absolute atomic E-state index is 5.00. The first-order valence-electron chi connectivity index (χ1n) is 11.0. The Morgan fingerprint density at radius 3 is 2.79 bits per heavy atom. The van der Waals surface area contributed by atoms with Crippen LogP contribution in [0.5, 0.6) is 0 Å². The van der Waals surface area contributed by atoms with E-state index in [0.29, 0.717) is 6.04 Å². The van der Waals surface area contributed by atoms with Crippen molar-refractivity contribution in [2.75, 3.05) is 32.7 Å². The number of aryl methyl sites for hydroxylation is 1. The first-order valence-corrected chi connectivity index (χ1v) is 11.9. The summed E-state index contributed by atoms with van der Waals surface area (Å²) in [4.78, 5) is 11.5. The standard InChI is InChI=1S/C21H33N7S/c1-2-20-25-23-17-28(20)10-9-22-21(24-18-6-3-4-7-18)27-13-11-26(12-14-27)16-19-8-5-15-29-19/h5,8,15,17-18H,2-4,6-7,9-14,16H2,1H3,(H,22,24). The topological polar surface area (TPSA) is 61.6 Å². The molecule has 0 aromatic carbocycles. The minimum Gasteiger partial charge on any atom is -0.354 e. The van der Waals surface area contributed by atoms with Crippen LogP contribution >= 0.6 is 11.3 Å². The van der Waals surface area contributed by atoms with Crippen LogP contribution in [0, 0.1) is 0 Å². The zero-order valence-electron chi connectivity index (χ0n) is 17.5. The van der Waals surface area contributed by atoms with Gasteiger partial charge < -0.3 is 14.8 Å². The highest BCUT2D eigenvalue weighted by Crippen LogP contribution is 2.18. The first-order chi connectivity index (χ1) is 14.3. The molecule has 2 aliphatic rings. The lowest BCUT2D eigenvalue weighted by molar-refractivity contribution is 0.173. The van der Waals surface area contributed by atoms with Crippen LogP contribution in [-0.4, -0.2) is 69.3 Å². The van der Waals surface area contributed by atoms with E-state index in [2.05, 4.69) is 54.3 Å². The second-order valence-electron chi connectivity index (χ2n) is 7.97. The fraction of sp³-hybridized carbons (Fsp3) is 0.667. The SMILES string of the molecule is CCc1nncn1CCN=C(NC1CCCC1)N1CCN(Cc2cccs2)CC1. The summed E-state index contributed by atoms with van der Waals surface area (Å²) < 4.78 is 2.12. The molecule has 1 aliphatic heterocycles. The third-order valence-electron chi connectivity index (χ3n) is 5.93. The van der Waals surface area contributed by atoms with Crippen molar-refractivity contribution in [2.24, 2.45) is 4.99 Å². The lowest BCUT2D eigenvalue weighted by atomic mass is 10.2. The van der Waals surface area contributed by atoms with E-state index in [0.717, 1.165) is 64.0 Å². The van der Waals surface area contributed by atoms with Crippen LogP contribution in [0.2, 0.25) is 0 Å². The van der Waals surface area contributed by atoms with Gasteiger partial charge in [0.1, 0.15) is 12.2 Å². The summed E-state index contributed by atoms with van der Waals surface area (Å²) in [6.07, 6.45) is 7.93. The van der Waals surface area contributed by atoms with E-state index in [-0.39, 0.29) is 0 Å². The third kappa shape index (κ3) is 5.57. The molecule has 1 saturated carbocycles. The molecule has 29 heavy (non-hydrogen) atoms. The maximum Gasteiger partial charge on any atom is 0.194 e. The van der Waals surface area contributed by atoms with Gasteiger partial charge in [-0.15, -0.1) is 21.5 Å². The number of aromatic nitrogens is 3. The largest absolute Gasteiger partial charge is 0.354 e. The van der Waals surface area contributed by atoms with Gasteiger partial charge in [0, 0.05) is 56.6 Å². The van der Waals surface area contributed by atoms with Gasteiger partial charge in [0.25, 0.3) is 0 Å². The number of hydrogen-bond acceptors (Lipinski definition) is 5. The van der Waals surface area contributed by atoms with E-state index in [1.165, 1.54) is 30.6 Å². The Hall–Kier alpha value is -1.93. The number of hydrogen-bond donors (Lipinski definition) is 1. The Balaban J connectivity index is 1.34. The number of nitrogens with one attached hydrogen (secondary N) is 1. The zero-order valence-corrected chi connectivity index (χ0v) is 18.3. The number of aliphatic imine (C=N–C) groups is 1. The Morgan fingerprint density at radius 2 is 2.07 bits per heavy atom. The van der Waals surface area contributed by atoms with Crippen molar-refractivity contribution >= 4 is 17.3 Å². The van der Waals surface area contributed by atoms with Gasteiger partial charge in [0.15, 0.2) is 5.96 Å². The molecule has 2 aromatic rings. The molecule has 0 spiro atoms. The van der Waals surface area contributed by atoms with E-state index in [1.807, 2.05) is 17.7 Å². The molecule has 1 saturated heterocycles. The molecule has 0 atom stereocenters. The van der Waals surface area contributed by atoms with E-state index < -0.39 is 0 Å². The van der Waals surface area contributed by atoms with Crippen LogP contribution in [0.25, 0.3) is 0 Å². The number of thiophene rings is 1. The number of nitrogens with zero attached hydrogens (tertiary/aromatic N) is 6. The number of piperazine rings is 1. The molecule has 1 N–H and O–H groups in total. The average molecular weight is 416 g/mol. The second kappa shape index (κ2) is 10.2. The fourth-order valence-electron chi connectivity index (χ4n) is 4.23. The Bertz CT molecular complexity index is 756. The van der Waals surface area contributed by atoms with Gasteiger partial charge in [-0.1, -0.05) is 25.8 Å². The molecule has 0 amide bonds. The van der Waals surface area contributed by atoms with Gasteiger partial charge in [-0.25, -0.2) is 0 Å². The molecule has 3 heterocycles. The molecule has 0 bridgehead atoms. The van der Waals surface area contributed by atoms with Gasteiger partial charge in [0.2, 0.25) is 0 Å².